The van der Waals surface area contributed by atoms with E-state index in [4.69, 9.17) is 10.5 Å². The Balaban J connectivity index is 1.88. The van der Waals surface area contributed by atoms with Crippen LogP contribution in [-0.4, -0.2) is 15.9 Å². The van der Waals surface area contributed by atoms with Crippen LogP contribution in [0.15, 0.2) is 30.5 Å². The molecule has 3 aromatic heterocycles. The Hall–Kier alpha value is -2.47. The topological polar surface area (TPSA) is 78.1 Å². The number of fused-ring (bicyclic) bond motifs is 1. The maximum atomic E-state index is 12.3. The summed E-state index contributed by atoms with van der Waals surface area (Å²) >= 11 is 1.26. The largest absolute Gasteiger partial charge is 0.455 e. The van der Waals surface area contributed by atoms with Crippen LogP contribution >= 0.6 is 11.3 Å². The van der Waals surface area contributed by atoms with Crippen LogP contribution in [0, 0.1) is 13.8 Å². The molecule has 3 rings (SSSR count). The van der Waals surface area contributed by atoms with Crippen molar-refractivity contribution < 1.29 is 9.53 Å². The number of nitrogen functional groups attached to an aromatic ring is 1. The molecule has 6 heteroatoms. The summed E-state index contributed by atoms with van der Waals surface area (Å²) in [6.07, 6.45) is 1.66. The molecule has 0 saturated heterocycles. The standard InChI is InChI=1S/C16H15N3O2S/c1-9-7-10(2)19-15-12(9)13(17)14(22-15)16(20)21-8-11-5-3-4-6-18-11/h3-7H,8,17H2,1-2H3. The summed E-state index contributed by atoms with van der Waals surface area (Å²) in [4.78, 5) is 22.0. The van der Waals surface area contributed by atoms with Gasteiger partial charge in [-0.1, -0.05) is 6.07 Å². The maximum Gasteiger partial charge on any atom is 0.350 e. The van der Waals surface area contributed by atoms with E-state index in [-0.39, 0.29) is 6.61 Å². The van der Waals surface area contributed by atoms with Crippen molar-refractivity contribution in [2.45, 2.75) is 20.5 Å². The van der Waals surface area contributed by atoms with E-state index in [1.807, 2.05) is 32.0 Å². The minimum atomic E-state index is -0.441. The van der Waals surface area contributed by atoms with Crippen molar-refractivity contribution >= 4 is 33.2 Å². The summed E-state index contributed by atoms with van der Waals surface area (Å²) in [5, 5.41) is 0.834. The number of aromatic nitrogens is 2. The molecule has 0 spiro atoms. The molecule has 0 unspecified atom stereocenters. The van der Waals surface area contributed by atoms with Gasteiger partial charge in [0, 0.05) is 17.3 Å². The van der Waals surface area contributed by atoms with Crippen molar-refractivity contribution in [3.63, 3.8) is 0 Å². The highest BCUT2D eigenvalue weighted by Gasteiger charge is 2.20. The summed E-state index contributed by atoms with van der Waals surface area (Å²) < 4.78 is 5.30. The molecule has 0 amide bonds. The number of pyridine rings is 2. The number of rotatable bonds is 3. The van der Waals surface area contributed by atoms with E-state index in [1.54, 1.807) is 12.3 Å². The molecule has 0 aliphatic heterocycles. The molecule has 0 atom stereocenters. The SMILES string of the molecule is Cc1cc(C)c2c(N)c(C(=O)OCc3ccccn3)sc2n1. The minimum Gasteiger partial charge on any atom is -0.455 e. The zero-order chi connectivity index (χ0) is 15.7. The fourth-order valence-electron chi connectivity index (χ4n) is 2.31. The Labute approximate surface area is 131 Å². The highest BCUT2D eigenvalue weighted by Crippen LogP contribution is 2.35. The molecule has 3 heterocycles. The fraction of sp³-hybridized carbons (Fsp3) is 0.188. The second kappa shape index (κ2) is 5.73. The smallest absolute Gasteiger partial charge is 0.350 e. The van der Waals surface area contributed by atoms with Crippen LogP contribution < -0.4 is 5.73 Å². The molecule has 5 nitrogen and oxygen atoms in total. The van der Waals surface area contributed by atoms with Gasteiger partial charge in [0.15, 0.2) is 0 Å². The number of ether oxygens (including phenoxy) is 1. The molecule has 0 aliphatic rings. The number of nitrogens with zero attached hydrogens (tertiary/aromatic N) is 2. The summed E-state index contributed by atoms with van der Waals surface area (Å²) in [6.45, 7) is 4.00. The quantitative estimate of drug-likeness (QED) is 0.751. The van der Waals surface area contributed by atoms with Crippen molar-refractivity contribution in [1.82, 2.24) is 9.97 Å². The molecule has 3 aromatic rings. The molecule has 0 aliphatic carbocycles. The molecule has 0 radical (unpaired) electrons. The molecule has 2 N–H and O–H groups in total. The number of nitrogens with two attached hydrogens (primary N) is 1. The van der Waals surface area contributed by atoms with E-state index in [9.17, 15) is 4.79 Å². The monoisotopic (exact) mass is 313 g/mol. The molecule has 112 valence electrons. The van der Waals surface area contributed by atoms with Gasteiger partial charge >= 0.3 is 5.97 Å². The van der Waals surface area contributed by atoms with E-state index >= 15 is 0 Å². The Bertz CT molecular complexity index is 843. The molecule has 0 aromatic carbocycles. The Morgan fingerprint density at radius 2 is 2.18 bits per heavy atom. The van der Waals surface area contributed by atoms with Gasteiger partial charge in [-0.3, -0.25) is 4.98 Å². The zero-order valence-electron chi connectivity index (χ0n) is 12.3. The predicted molar refractivity (Wildman–Crippen MR) is 86.9 cm³/mol. The van der Waals surface area contributed by atoms with E-state index < -0.39 is 5.97 Å². The first-order valence-corrected chi connectivity index (χ1v) is 7.61. The third kappa shape index (κ3) is 2.65. The van der Waals surface area contributed by atoms with Crippen molar-refractivity contribution in [2.75, 3.05) is 5.73 Å². The number of anilines is 1. The second-order valence-corrected chi connectivity index (χ2v) is 6.00. The van der Waals surface area contributed by atoms with Gasteiger partial charge in [-0.25, -0.2) is 9.78 Å². The first-order valence-electron chi connectivity index (χ1n) is 6.79. The summed E-state index contributed by atoms with van der Waals surface area (Å²) in [5.41, 5.74) is 9.17. The van der Waals surface area contributed by atoms with E-state index in [2.05, 4.69) is 9.97 Å². The van der Waals surface area contributed by atoms with Crippen molar-refractivity contribution in [2.24, 2.45) is 0 Å². The fourth-order valence-corrected chi connectivity index (χ4v) is 3.42. The van der Waals surface area contributed by atoms with Crippen LogP contribution in [0.3, 0.4) is 0 Å². The number of hydrogen-bond acceptors (Lipinski definition) is 6. The lowest BCUT2D eigenvalue weighted by Crippen LogP contribution is -2.06. The van der Waals surface area contributed by atoms with E-state index in [0.717, 1.165) is 21.5 Å². The number of aryl methyl sites for hydroxylation is 2. The molecule has 22 heavy (non-hydrogen) atoms. The minimum absolute atomic E-state index is 0.124. The Morgan fingerprint density at radius 3 is 2.91 bits per heavy atom. The van der Waals surface area contributed by atoms with Crippen LogP contribution in [0.4, 0.5) is 5.69 Å². The van der Waals surface area contributed by atoms with Gasteiger partial charge in [0.1, 0.15) is 16.3 Å². The van der Waals surface area contributed by atoms with Gasteiger partial charge in [-0.05, 0) is 37.6 Å². The molecule has 0 saturated carbocycles. The van der Waals surface area contributed by atoms with Crippen molar-refractivity contribution in [3.05, 3.63) is 52.3 Å². The van der Waals surface area contributed by atoms with Crippen LogP contribution in [-0.2, 0) is 11.3 Å². The second-order valence-electron chi connectivity index (χ2n) is 5.00. The highest BCUT2D eigenvalue weighted by molar-refractivity contribution is 7.21. The molecule has 0 bridgehead atoms. The van der Waals surface area contributed by atoms with Gasteiger partial charge in [0.2, 0.25) is 0 Å². The average Bonchev–Trinajstić information content (AvgIpc) is 2.83. The van der Waals surface area contributed by atoms with Gasteiger partial charge < -0.3 is 10.5 Å². The first kappa shape index (κ1) is 14.5. The third-order valence-electron chi connectivity index (χ3n) is 3.29. The van der Waals surface area contributed by atoms with Crippen LogP contribution in [0.2, 0.25) is 0 Å². The number of esters is 1. The van der Waals surface area contributed by atoms with Crippen LogP contribution in [0.5, 0.6) is 0 Å². The summed E-state index contributed by atoms with van der Waals surface area (Å²) in [7, 11) is 0. The summed E-state index contributed by atoms with van der Waals surface area (Å²) in [6, 6.07) is 7.41. The third-order valence-corrected chi connectivity index (χ3v) is 4.37. The zero-order valence-corrected chi connectivity index (χ0v) is 13.1. The van der Waals surface area contributed by atoms with Crippen molar-refractivity contribution in [1.29, 1.82) is 0 Å². The van der Waals surface area contributed by atoms with Crippen LogP contribution in [0.1, 0.15) is 26.6 Å². The first-order chi connectivity index (χ1) is 10.6. The Morgan fingerprint density at radius 1 is 1.36 bits per heavy atom. The maximum absolute atomic E-state index is 12.3. The lowest BCUT2D eigenvalue weighted by molar-refractivity contribution is 0.0475. The van der Waals surface area contributed by atoms with Gasteiger partial charge in [-0.2, -0.15) is 0 Å². The van der Waals surface area contributed by atoms with Gasteiger partial charge in [-0.15, -0.1) is 11.3 Å². The lowest BCUT2D eigenvalue weighted by atomic mass is 10.1. The summed E-state index contributed by atoms with van der Waals surface area (Å²) in [5.74, 6) is -0.441. The normalized spacial score (nSPS) is 10.8. The number of thiophene rings is 1. The van der Waals surface area contributed by atoms with Crippen molar-refractivity contribution in [3.8, 4) is 0 Å². The van der Waals surface area contributed by atoms with Crippen LogP contribution in [0.25, 0.3) is 10.2 Å². The molecular formula is C16H15N3O2S. The molecular weight excluding hydrogens is 298 g/mol. The number of carbonyl (C=O) groups excluding carboxylic acids is 1. The Kier molecular flexibility index (Phi) is 3.77. The number of hydrogen-bond donors (Lipinski definition) is 1. The number of carbonyl (C=O) groups is 1. The highest BCUT2D eigenvalue weighted by atomic mass is 32.1. The van der Waals surface area contributed by atoms with Gasteiger partial charge in [0.25, 0.3) is 0 Å². The average molecular weight is 313 g/mol. The van der Waals surface area contributed by atoms with E-state index in [1.165, 1.54) is 11.3 Å². The lowest BCUT2D eigenvalue weighted by Gasteiger charge is -2.03. The molecule has 0 fully saturated rings. The predicted octanol–water partition coefficient (Wildman–Crippen LogP) is 3.25. The van der Waals surface area contributed by atoms with Gasteiger partial charge in [0.05, 0.1) is 11.4 Å². The van der Waals surface area contributed by atoms with E-state index in [0.29, 0.717) is 16.3 Å².